The van der Waals surface area contributed by atoms with Gasteiger partial charge < -0.3 is 18.9 Å². The van der Waals surface area contributed by atoms with E-state index in [1.165, 1.54) is 25.6 Å². The Bertz CT molecular complexity index is 423. The van der Waals surface area contributed by atoms with E-state index in [1.54, 1.807) is 0 Å². The standard InChI is InChI=1S/C13H20O6S/c1-7(14)16-6-9-10-13(5,19-12(3,4)18-10)11(20-9)17-8(2)15/h9-11H,6H2,1-5H3/t9-,10-,11?,13-/m1/s1. The number of carbonyl (C=O) groups excluding carboxylic acids is 2. The highest BCUT2D eigenvalue weighted by Gasteiger charge is 2.64. The third-order valence-corrected chi connectivity index (χ3v) is 4.81. The molecule has 4 atom stereocenters. The van der Waals surface area contributed by atoms with Gasteiger partial charge in [0.15, 0.2) is 11.2 Å². The molecule has 7 heteroatoms. The van der Waals surface area contributed by atoms with Crippen LogP contribution in [-0.2, 0) is 28.5 Å². The summed E-state index contributed by atoms with van der Waals surface area (Å²) in [7, 11) is 0. The summed E-state index contributed by atoms with van der Waals surface area (Å²) in [5.41, 5.74) is -1.22. The molecule has 2 heterocycles. The van der Waals surface area contributed by atoms with Crippen LogP contribution in [-0.4, -0.2) is 46.7 Å². The highest BCUT2D eigenvalue weighted by Crippen LogP contribution is 2.53. The number of hydrogen-bond donors (Lipinski definition) is 0. The molecule has 2 fully saturated rings. The molecule has 2 rings (SSSR count). The van der Waals surface area contributed by atoms with Gasteiger partial charge >= 0.3 is 11.9 Å². The van der Waals surface area contributed by atoms with Crippen LogP contribution in [0.1, 0.15) is 34.6 Å². The number of hydrogen-bond acceptors (Lipinski definition) is 7. The number of fused-ring (bicyclic) bond motifs is 1. The van der Waals surface area contributed by atoms with Crippen LogP contribution in [0.4, 0.5) is 0 Å². The molecule has 0 aromatic rings. The van der Waals surface area contributed by atoms with Crippen molar-refractivity contribution in [2.24, 2.45) is 0 Å². The van der Waals surface area contributed by atoms with Gasteiger partial charge in [-0.2, -0.15) is 0 Å². The third-order valence-electron chi connectivity index (χ3n) is 3.27. The molecule has 20 heavy (non-hydrogen) atoms. The van der Waals surface area contributed by atoms with Crippen molar-refractivity contribution in [3.8, 4) is 0 Å². The summed E-state index contributed by atoms with van der Waals surface area (Å²) >= 11 is 1.40. The molecule has 0 aromatic carbocycles. The van der Waals surface area contributed by atoms with E-state index in [0.29, 0.717) is 0 Å². The number of rotatable bonds is 3. The molecule has 114 valence electrons. The quantitative estimate of drug-likeness (QED) is 0.731. The third kappa shape index (κ3) is 2.94. The minimum Gasteiger partial charge on any atom is -0.465 e. The molecule has 6 nitrogen and oxygen atoms in total. The molecule has 0 saturated carbocycles. The maximum Gasteiger partial charge on any atom is 0.303 e. The summed E-state index contributed by atoms with van der Waals surface area (Å²) in [5.74, 6) is -1.47. The summed E-state index contributed by atoms with van der Waals surface area (Å²) < 4.78 is 22.3. The highest BCUT2D eigenvalue weighted by atomic mass is 32.2. The van der Waals surface area contributed by atoms with Gasteiger partial charge in [-0.3, -0.25) is 9.59 Å². The summed E-state index contributed by atoms with van der Waals surface area (Å²) in [6, 6.07) is 0. The fraction of sp³-hybridized carbons (Fsp3) is 0.846. The van der Waals surface area contributed by atoms with Crippen LogP contribution in [0.25, 0.3) is 0 Å². The summed E-state index contributed by atoms with van der Waals surface area (Å²) in [6.45, 7) is 8.42. The first kappa shape index (κ1) is 15.6. The van der Waals surface area contributed by atoms with E-state index in [9.17, 15) is 9.59 Å². The van der Waals surface area contributed by atoms with Gasteiger partial charge in [0, 0.05) is 13.8 Å². The second kappa shape index (κ2) is 5.20. The molecule has 2 aliphatic rings. The number of ether oxygens (including phenoxy) is 4. The Morgan fingerprint density at radius 2 is 1.85 bits per heavy atom. The van der Waals surface area contributed by atoms with Crippen LogP contribution in [0.15, 0.2) is 0 Å². The highest BCUT2D eigenvalue weighted by molar-refractivity contribution is 8.00. The number of carbonyl (C=O) groups is 2. The van der Waals surface area contributed by atoms with E-state index in [0.717, 1.165) is 0 Å². The first-order valence-corrected chi connectivity index (χ1v) is 7.42. The maximum absolute atomic E-state index is 11.2. The van der Waals surface area contributed by atoms with E-state index in [4.69, 9.17) is 18.9 Å². The fourth-order valence-electron chi connectivity index (χ4n) is 2.65. The molecule has 0 amide bonds. The average molecular weight is 304 g/mol. The largest absolute Gasteiger partial charge is 0.465 e. The summed E-state index contributed by atoms with van der Waals surface area (Å²) in [4.78, 5) is 22.2. The van der Waals surface area contributed by atoms with E-state index < -0.39 is 16.8 Å². The van der Waals surface area contributed by atoms with Crippen LogP contribution in [0, 0.1) is 0 Å². The van der Waals surface area contributed by atoms with Crippen molar-refractivity contribution in [3.05, 3.63) is 0 Å². The van der Waals surface area contributed by atoms with Gasteiger partial charge in [-0.1, -0.05) is 0 Å². The van der Waals surface area contributed by atoms with E-state index >= 15 is 0 Å². The molecular weight excluding hydrogens is 284 g/mol. The van der Waals surface area contributed by atoms with Crippen molar-refractivity contribution in [2.75, 3.05) is 6.61 Å². The molecule has 0 bridgehead atoms. The minimum absolute atomic E-state index is 0.130. The van der Waals surface area contributed by atoms with Crippen molar-refractivity contribution in [2.45, 2.75) is 62.8 Å². The first-order valence-electron chi connectivity index (χ1n) is 6.48. The summed E-state index contributed by atoms with van der Waals surface area (Å²) in [6.07, 6.45) is -0.300. The average Bonchev–Trinajstić information content (AvgIpc) is 2.64. The molecule has 1 unspecified atom stereocenters. The lowest BCUT2D eigenvalue weighted by Crippen LogP contribution is -2.45. The lowest BCUT2D eigenvalue weighted by molar-refractivity contribution is -0.180. The van der Waals surface area contributed by atoms with E-state index in [-0.39, 0.29) is 29.9 Å². The van der Waals surface area contributed by atoms with Crippen molar-refractivity contribution < 1.29 is 28.5 Å². The SMILES string of the molecule is CC(=O)OC[C@H]1SC(OC(C)=O)[C@]2(C)OC(C)(C)O[C@H]12. The van der Waals surface area contributed by atoms with Gasteiger partial charge in [0.2, 0.25) is 0 Å². The van der Waals surface area contributed by atoms with E-state index in [1.807, 2.05) is 20.8 Å². The molecule has 2 aliphatic heterocycles. The molecule has 0 N–H and O–H groups in total. The topological polar surface area (TPSA) is 71.1 Å². The zero-order valence-corrected chi connectivity index (χ0v) is 13.1. The Morgan fingerprint density at radius 3 is 2.40 bits per heavy atom. The fourth-order valence-corrected chi connectivity index (χ4v) is 4.22. The monoisotopic (exact) mass is 304 g/mol. The Kier molecular flexibility index (Phi) is 4.05. The van der Waals surface area contributed by atoms with Gasteiger partial charge in [0.05, 0.1) is 5.25 Å². The van der Waals surface area contributed by atoms with Crippen LogP contribution >= 0.6 is 11.8 Å². The molecule has 0 aromatic heterocycles. The van der Waals surface area contributed by atoms with Crippen molar-refractivity contribution in [1.82, 2.24) is 0 Å². The number of esters is 2. The van der Waals surface area contributed by atoms with Crippen LogP contribution in [0.2, 0.25) is 0 Å². The Balaban J connectivity index is 2.17. The molecule has 2 saturated heterocycles. The van der Waals surface area contributed by atoms with E-state index in [2.05, 4.69) is 0 Å². The smallest absolute Gasteiger partial charge is 0.303 e. The molecular formula is C13H20O6S. The first-order chi connectivity index (χ1) is 9.14. The maximum atomic E-state index is 11.2. The van der Waals surface area contributed by atoms with Gasteiger partial charge in [-0.25, -0.2) is 0 Å². The van der Waals surface area contributed by atoms with Gasteiger partial charge in [0.25, 0.3) is 0 Å². The lowest BCUT2D eigenvalue weighted by Gasteiger charge is -2.29. The minimum atomic E-state index is -0.757. The molecule has 0 aliphatic carbocycles. The van der Waals surface area contributed by atoms with Gasteiger partial charge in [0.1, 0.15) is 18.3 Å². The van der Waals surface area contributed by atoms with Crippen LogP contribution < -0.4 is 0 Å². The number of thioether (sulfide) groups is 1. The zero-order chi connectivity index (χ0) is 15.1. The van der Waals surface area contributed by atoms with Crippen molar-refractivity contribution in [3.63, 3.8) is 0 Å². The van der Waals surface area contributed by atoms with Crippen LogP contribution in [0.5, 0.6) is 0 Å². The normalized spacial score (nSPS) is 38.4. The Morgan fingerprint density at radius 1 is 1.20 bits per heavy atom. The lowest BCUT2D eigenvalue weighted by atomic mass is 9.98. The van der Waals surface area contributed by atoms with Crippen molar-refractivity contribution >= 4 is 23.7 Å². The predicted molar refractivity (Wildman–Crippen MR) is 72.0 cm³/mol. The Hall–Kier alpha value is -0.790. The van der Waals surface area contributed by atoms with Crippen molar-refractivity contribution in [1.29, 1.82) is 0 Å². The predicted octanol–water partition coefficient (Wildman–Crippen LogP) is 1.46. The second-order valence-electron chi connectivity index (χ2n) is 5.64. The Labute approximate surface area is 122 Å². The summed E-state index contributed by atoms with van der Waals surface area (Å²) in [5, 5.41) is -0.130. The second-order valence-corrected chi connectivity index (χ2v) is 6.95. The molecule has 0 radical (unpaired) electrons. The zero-order valence-electron chi connectivity index (χ0n) is 12.3. The van der Waals surface area contributed by atoms with Gasteiger partial charge in [-0.15, -0.1) is 11.8 Å². The van der Waals surface area contributed by atoms with Gasteiger partial charge in [-0.05, 0) is 20.8 Å². The van der Waals surface area contributed by atoms with Crippen LogP contribution in [0.3, 0.4) is 0 Å². The molecule has 0 spiro atoms.